The Bertz CT molecular complexity index is 671. The fourth-order valence-electron chi connectivity index (χ4n) is 1.98. The molecule has 2 rings (SSSR count). The normalized spacial score (nSPS) is 10.0. The maximum atomic E-state index is 11.7. The lowest BCUT2D eigenvalue weighted by Gasteiger charge is -2.08. The number of carbonyl (C=O) groups excluding carboxylic acids is 1. The number of alkyl carbamates (subject to hydrolysis) is 1. The molecule has 2 aromatic carbocycles. The summed E-state index contributed by atoms with van der Waals surface area (Å²) in [6, 6.07) is 14.0. The number of nitro groups is 1. The Labute approximate surface area is 127 Å². The van der Waals surface area contributed by atoms with E-state index in [1.165, 1.54) is 6.07 Å². The van der Waals surface area contributed by atoms with Crippen molar-refractivity contribution in [1.29, 1.82) is 0 Å². The summed E-state index contributed by atoms with van der Waals surface area (Å²) in [7, 11) is 0. The lowest BCUT2D eigenvalue weighted by atomic mass is 10.1. The third-order valence-electron chi connectivity index (χ3n) is 3.07. The second kappa shape index (κ2) is 7.21. The van der Waals surface area contributed by atoms with Gasteiger partial charge in [0.05, 0.1) is 11.5 Å². The Balaban J connectivity index is 1.91. The highest BCUT2D eigenvalue weighted by Gasteiger charge is 2.14. The SMILES string of the molecule is Cc1ccc([N+](=O)[O-])c(CNC(=O)OCc2ccccc2)c1. The first-order chi connectivity index (χ1) is 10.6. The zero-order chi connectivity index (χ0) is 15.9. The van der Waals surface area contributed by atoms with Crippen molar-refractivity contribution in [2.24, 2.45) is 0 Å². The fourth-order valence-corrected chi connectivity index (χ4v) is 1.98. The van der Waals surface area contributed by atoms with Gasteiger partial charge in [0, 0.05) is 11.6 Å². The molecule has 1 N–H and O–H groups in total. The lowest BCUT2D eigenvalue weighted by Crippen LogP contribution is -2.24. The number of amides is 1. The predicted molar refractivity (Wildman–Crippen MR) is 81.3 cm³/mol. The van der Waals surface area contributed by atoms with Gasteiger partial charge >= 0.3 is 6.09 Å². The Morgan fingerprint density at radius 3 is 2.64 bits per heavy atom. The van der Waals surface area contributed by atoms with Crippen LogP contribution in [0.25, 0.3) is 0 Å². The van der Waals surface area contributed by atoms with Crippen LogP contribution in [0.4, 0.5) is 10.5 Å². The van der Waals surface area contributed by atoms with E-state index in [9.17, 15) is 14.9 Å². The minimum Gasteiger partial charge on any atom is -0.445 e. The van der Waals surface area contributed by atoms with Crippen molar-refractivity contribution in [3.63, 3.8) is 0 Å². The molecule has 2 aromatic rings. The minimum atomic E-state index is -0.611. The van der Waals surface area contributed by atoms with Crippen LogP contribution in [-0.2, 0) is 17.9 Å². The molecule has 0 spiro atoms. The number of ether oxygens (including phenoxy) is 1. The topological polar surface area (TPSA) is 81.5 Å². The van der Waals surface area contributed by atoms with Gasteiger partial charge in [-0.3, -0.25) is 10.1 Å². The molecule has 0 heterocycles. The monoisotopic (exact) mass is 300 g/mol. The first kappa shape index (κ1) is 15.5. The molecule has 0 aliphatic rings. The second-order valence-electron chi connectivity index (χ2n) is 4.80. The van der Waals surface area contributed by atoms with Gasteiger partial charge in [0.15, 0.2) is 0 Å². The van der Waals surface area contributed by atoms with Gasteiger partial charge in [-0.1, -0.05) is 42.0 Å². The fraction of sp³-hybridized carbons (Fsp3) is 0.188. The maximum Gasteiger partial charge on any atom is 0.407 e. The van der Waals surface area contributed by atoms with Crippen LogP contribution in [0.3, 0.4) is 0 Å². The molecule has 22 heavy (non-hydrogen) atoms. The summed E-state index contributed by atoms with van der Waals surface area (Å²) < 4.78 is 5.06. The van der Waals surface area contributed by atoms with E-state index in [2.05, 4.69) is 5.32 Å². The molecule has 0 aromatic heterocycles. The third-order valence-corrected chi connectivity index (χ3v) is 3.07. The van der Waals surface area contributed by atoms with Gasteiger partial charge in [-0.25, -0.2) is 4.79 Å². The summed E-state index contributed by atoms with van der Waals surface area (Å²) in [5.41, 5.74) is 2.19. The average Bonchev–Trinajstić information content (AvgIpc) is 2.51. The highest BCUT2D eigenvalue weighted by atomic mass is 16.6. The van der Waals surface area contributed by atoms with Crippen molar-refractivity contribution in [3.8, 4) is 0 Å². The van der Waals surface area contributed by atoms with Crippen LogP contribution in [0.1, 0.15) is 16.7 Å². The van der Waals surface area contributed by atoms with Gasteiger partial charge in [-0.15, -0.1) is 0 Å². The molecule has 0 saturated carbocycles. The molecule has 0 unspecified atom stereocenters. The summed E-state index contributed by atoms with van der Waals surface area (Å²) in [6.45, 7) is 2.04. The van der Waals surface area contributed by atoms with Crippen molar-refractivity contribution >= 4 is 11.8 Å². The second-order valence-corrected chi connectivity index (χ2v) is 4.80. The van der Waals surface area contributed by atoms with E-state index < -0.39 is 11.0 Å². The highest BCUT2D eigenvalue weighted by molar-refractivity contribution is 5.67. The van der Waals surface area contributed by atoms with Crippen LogP contribution < -0.4 is 5.32 Å². The Morgan fingerprint density at radius 2 is 1.95 bits per heavy atom. The lowest BCUT2D eigenvalue weighted by molar-refractivity contribution is -0.385. The molecular formula is C16H16N2O4. The van der Waals surface area contributed by atoms with Crippen LogP contribution in [-0.4, -0.2) is 11.0 Å². The van der Waals surface area contributed by atoms with Crippen LogP contribution in [0.15, 0.2) is 48.5 Å². The number of aryl methyl sites for hydroxylation is 1. The summed E-state index contributed by atoms with van der Waals surface area (Å²) in [5.74, 6) is 0. The Morgan fingerprint density at radius 1 is 1.23 bits per heavy atom. The van der Waals surface area contributed by atoms with Crippen molar-refractivity contribution in [2.45, 2.75) is 20.1 Å². The quantitative estimate of drug-likeness (QED) is 0.678. The molecule has 0 saturated heterocycles. The van der Waals surface area contributed by atoms with E-state index in [4.69, 9.17) is 4.74 Å². The number of rotatable bonds is 5. The smallest absolute Gasteiger partial charge is 0.407 e. The van der Waals surface area contributed by atoms with E-state index in [0.717, 1.165) is 11.1 Å². The van der Waals surface area contributed by atoms with Crippen molar-refractivity contribution in [2.75, 3.05) is 0 Å². The zero-order valence-corrected chi connectivity index (χ0v) is 12.1. The molecule has 1 amide bonds. The first-order valence-electron chi connectivity index (χ1n) is 6.75. The van der Waals surface area contributed by atoms with Gasteiger partial charge in [0.25, 0.3) is 5.69 Å². The number of nitro benzene ring substituents is 1. The van der Waals surface area contributed by atoms with E-state index in [-0.39, 0.29) is 18.8 Å². The average molecular weight is 300 g/mol. The summed E-state index contributed by atoms with van der Waals surface area (Å²) in [6.07, 6.45) is -0.611. The van der Waals surface area contributed by atoms with E-state index in [0.29, 0.717) is 5.56 Å². The van der Waals surface area contributed by atoms with Crippen LogP contribution in [0, 0.1) is 17.0 Å². The highest BCUT2D eigenvalue weighted by Crippen LogP contribution is 2.19. The molecule has 0 radical (unpaired) electrons. The van der Waals surface area contributed by atoms with Gasteiger partial charge < -0.3 is 10.1 Å². The maximum absolute atomic E-state index is 11.7. The van der Waals surface area contributed by atoms with Crippen molar-refractivity contribution in [3.05, 3.63) is 75.3 Å². The number of hydrogen-bond donors (Lipinski definition) is 1. The zero-order valence-electron chi connectivity index (χ0n) is 12.1. The van der Waals surface area contributed by atoms with Gasteiger partial charge in [-0.2, -0.15) is 0 Å². The summed E-state index contributed by atoms with van der Waals surface area (Å²) in [4.78, 5) is 22.1. The molecule has 0 fully saturated rings. The number of nitrogens with one attached hydrogen (secondary N) is 1. The van der Waals surface area contributed by atoms with E-state index in [1.807, 2.05) is 37.3 Å². The molecule has 0 aliphatic carbocycles. The van der Waals surface area contributed by atoms with Gasteiger partial charge in [0.2, 0.25) is 0 Å². The van der Waals surface area contributed by atoms with E-state index in [1.54, 1.807) is 12.1 Å². The first-order valence-corrected chi connectivity index (χ1v) is 6.75. The third kappa shape index (κ3) is 4.31. The number of hydrogen-bond acceptors (Lipinski definition) is 4. The Kier molecular flexibility index (Phi) is 5.08. The summed E-state index contributed by atoms with van der Waals surface area (Å²) >= 11 is 0. The van der Waals surface area contributed by atoms with Gasteiger partial charge in [-0.05, 0) is 18.6 Å². The van der Waals surface area contributed by atoms with Gasteiger partial charge in [0.1, 0.15) is 6.61 Å². The molecule has 0 aliphatic heterocycles. The largest absolute Gasteiger partial charge is 0.445 e. The van der Waals surface area contributed by atoms with Crippen molar-refractivity contribution < 1.29 is 14.5 Å². The summed E-state index contributed by atoms with van der Waals surface area (Å²) in [5, 5.41) is 13.5. The number of benzene rings is 2. The number of nitrogens with zero attached hydrogens (tertiary/aromatic N) is 1. The molecule has 0 bridgehead atoms. The van der Waals surface area contributed by atoms with Crippen LogP contribution >= 0.6 is 0 Å². The van der Waals surface area contributed by atoms with Crippen LogP contribution in [0.2, 0.25) is 0 Å². The molecule has 6 nitrogen and oxygen atoms in total. The predicted octanol–water partition coefficient (Wildman–Crippen LogP) is 3.33. The van der Waals surface area contributed by atoms with Crippen LogP contribution in [0.5, 0.6) is 0 Å². The Hall–Kier alpha value is -2.89. The molecular weight excluding hydrogens is 284 g/mol. The molecule has 0 atom stereocenters. The molecule has 6 heteroatoms. The van der Waals surface area contributed by atoms with E-state index >= 15 is 0 Å². The van der Waals surface area contributed by atoms with Crippen molar-refractivity contribution in [1.82, 2.24) is 5.32 Å². The molecule has 114 valence electrons. The minimum absolute atomic E-state index is 0.0195. The number of carbonyl (C=O) groups is 1. The standard InChI is InChI=1S/C16H16N2O4/c1-12-7-8-15(18(20)21)14(9-12)10-17-16(19)22-11-13-5-3-2-4-6-13/h2-9H,10-11H2,1H3,(H,17,19).